The molecular formula is C12H19N3O2. The van der Waals surface area contributed by atoms with Crippen LogP contribution in [0.4, 0.5) is 0 Å². The van der Waals surface area contributed by atoms with Crippen LogP contribution in [0.1, 0.15) is 26.2 Å². The lowest BCUT2D eigenvalue weighted by Gasteiger charge is -2.37. The van der Waals surface area contributed by atoms with Crippen molar-refractivity contribution < 1.29 is 9.59 Å². The van der Waals surface area contributed by atoms with Gasteiger partial charge in [-0.25, -0.2) is 0 Å². The Hall–Kier alpha value is -1.10. The van der Waals surface area contributed by atoms with Crippen LogP contribution in [0, 0.1) is 0 Å². The quantitative estimate of drug-likeness (QED) is 0.709. The Morgan fingerprint density at radius 1 is 1.18 bits per heavy atom. The summed E-state index contributed by atoms with van der Waals surface area (Å²) in [5, 5.41) is 2.64. The molecule has 0 aromatic rings. The molecule has 1 saturated carbocycles. The minimum absolute atomic E-state index is 0.0190. The Kier molecular flexibility index (Phi) is 2.58. The molecule has 3 aliphatic rings. The van der Waals surface area contributed by atoms with Crippen LogP contribution in [0.15, 0.2) is 0 Å². The van der Waals surface area contributed by atoms with Crippen LogP contribution in [0.2, 0.25) is 0 Å². The van der Waals surface area contributed by atoms with Gasteiger partial charge < -0.3 is 10.2 Å². The fourth-order valence-electron chi connectivity index (χ4n) is 3.03. The van der Waals surface area contributed by atoms with Crippen LogP contribution in [-0.2, 0) is 9.59 Å². The van der Waals surface area contributed by atoms with E-state index in [4.69, 9.17) is 0 Å². The van der Waals surface area contributed by atoms with E-state index in [9.17, 15) is 9.59 Å². The van der Waals surface area contributed by atoms with Gasteiger partial charge in [-0.2, -0.15) is 0 Å². The first kappa shape index (κ1) is 11.0. The summed E-state index contributed by atoms with van der Waals surface area (Å²) in [4.78, 5) is 27.8. The minimum atomic E-state index is -0.305. The number of hydrogen-bond donors (Lipinski definition) is 1. The third-order valence-corrected chi connectivity index (χ3v) is 4.15. The van der Waals surface area contributed by atoms with Crippen LogP contribution in [0.25, 0.3) is 0 Å². The first-order valence-corrected chi connectivity index (χ1v) is 6.50. The highest BCUT2D eigenvalue weighted by Crippen LogP contribution is 2.31. The van der Waals surface area contributed by atoms with Crippen molar-refractivity contribution in [3.63, 3.8) is 0 Å². The predicted octanol–water partition coefficient (Wildman–Crippen LogP) is -0.430. The smallest absolute Gasteiger partial charge is 0.242 e. The van der Waals surface area contributed by atoms with Gasteiger partial charge in [0.15, 0.2) is 0 Å². The molecule has 1 aliphatic carbocycles. The number of carbonyl (C=O) groups excluding carboxylic acids is 2. The van der Waals surface area contributed by atoms with Crippen molar-refractivity contribution in [2.24, 2.45) is 0 Å². The molecule has 17 heavy (non-hydrogen) atoms. The summed E-state index contributed by atoms with van der Waals surface area (Å²) >= 11 is 0. The standard InChI is InChI=1S/C12H19N3O2/c1-8-12(17)13-6-11(16)15(8)10-4-5-14(7-10)9-2-3-9/h8-10H,2-7H2,1H3,(H,13,17). The average Bonchev–Trinajstić information content (AvgIpc) is 3.05. The molecule has 0 bridgehead atoms. The normalized spacial score (nSPS) is 35.2. The molecule has 2 unspecified atom stereocenters. The van der Waals surface area contributed by atoms with Gasteiger partial charge >= 0.3 is 0 Å². The average molecular weight is 237 g/mol. The lowest BCUT2D eigenvalue weighted by molar-refractivity contribution is -0.147. The lowest BCUT2D eigenvalue weighted by Crippen LogP contribution is -2.60. The molecule has 2 saturated heterocycles. The van der Waals surface area contributed by atoms with Crippen LogP contribution in [0.3, 0.4) is 0 Å². The summed E-state index contributed by atoms with van der Waals surface area (Å²) in [5.41, 5.74) is 0. The van der Waals surface area contributed by atoms with Gasteiger partial charge in [0.1, 0.15) is 6.04 Å². The van der Waals surface area contributed by atoms with Crippen molar-refractivity contribution >= 4 is 11.8 Å². The molecule has 2 atom stereocenters. The number of amides is 2. The zero-order valence-electron chi connectivity index (χ0n) is 10.2. The van der Waals surface area contributed by atoms with E-state index in [1.54, 1.807) is 4.90 Å². The second-order valence-electron chi connectivity index (χ2n) is 5.36. The SMILES string of the molecule is CC1C(=O)NCC(=O)N1C1CCN(C2CC2)C1. The molecule has 1 N–H and O–H groups in total. The molecular weight excluding hydrogens is 218 g/mol. The van der Waals surface area contributed by atoms with E-state index in [0.29, 0.717) is 0 Å². The number of piperazine rings is 1. The number of hydrogen-bond acceptors (Lipinski definition) is 3. The molecule has 3 rings (SSSR count). The third-order valence-electron chi connectivity index (χ3n) is 4.15. The van der Waals surface area contributed by atoms with Gasteiger partial charge in [-0.05, 0) is 26.2 Å². The molecule has 2 heterocycles. The number of nitrogens with one attached hydrogen (secondary N) is 1. The molecule has 3 fully saturated rings. The molecule has 0 radical (unpaired) electrons. The largest absolute Gasteiger partial charge is 0.345 e. The van der Waals surface area contributed by atoms with Crippen molar-refractivity contribution in [2.75, 3.05) is 19.6 Å². The van der Waals surface area contributed by atoms with Gasteiger partial charge in [0, 0.05) is 25.2 Å². The van der Waals surface area contributed by atoms with Crippen molar-refractivity contribution in [1.29, 1.82) is 0 Å². The van der Waals surface area contributed by atoms with Crippen LogP contribution < -0.4 is 5.32 Å². The predicted molar refractivity (Wildman–Crippen MR) is 62.3 cm³/mol. The zero-order valence-corrected chi connectivity index (χ0v) is 10.2. The summed E-state index contributed by atoms with van der Waals surface area (Å²) in [6, 6.07) is 0.688. The van der Waals surface area contributed by atoms with Gasteiger partial charge in [0.25, 0.3) is 0 Å². The molecule has 94 valence electrons. The van der Waals surface area contributed by atoms with Gasteiger partial charge in [-0.1, -0.05) is 0 Å². The summed E-state index contributed by atoms with van der Waals surface area (Å²) in [5.74, 6) is 0.0502. The van der Waals surface area contributed by atoms with Gasteiger partial charge in [-0.3, -0.25) is 14.5 Å². The van der Waals surface area contributed by atoms with Crippen LogP contribution >= 0.6 is 0 Å². The topological polar surface area (TPSA) is 52.7 Å². The maximum absolute atomic E-state index is 11.9. The van der Waals surface area contributed by atoms with Crippen molar-refractivity contribution in [3.8, 4) is 0 Å². The van der Waals surface area contributed by atoms with E-state index < -0.39 is 0 Å². The number of rotatable bonds is 2. The molecule has 0 aromatic carbocycles. The summed E-state index contributed by atoms with van der Waals surface area (Å²) in [7, 11) is 0. The van der Waals surface area contributed by atoms with Crippen molar-refractivity contribution in [1.82, 2.24) is 15.1 Å². The van der Waals surface area contributed by atoms with Crippen LogP contribution in [0.5, 0.6) is 0 Å². The van der Waals surface area contributed by atoms with E-state index in [1.165, 1.54) is 12.8 Å². The number of likely N-dealkylation sites (tertiary alicyclic amines) is 1. The third kappa shape index (κ3) is 1.92. The van der Waals surface area contributed by atoms with Crippen molar-refractivity contribution in [2.45, 2.75) is 44.3 Å². The molecule has 5 heteroatoms. The van der Waals surface area contributed by atoms with E-state index in [-0.39, 0.29) is 30.4 Å². The van der Waals surface area contributed by atoms with Gasteiger partial charge in [-0.15, -0.1) is 0 Å². The van der Waals surface area contributed by atoms with Gasteiger partial charge in [0.05, 0.1) is 6.54 Å². The lowest BCUT2D eigenvalue weighted by atomic mass is 10.1. The van der Waals surface area contributed by atoms with Crippen molar-refractivity contribution in [3.05, 3.63) is 0 Å². The maximum atomic E-state index is 11.9. The second kappa shape index (κ2) is 3.98. The molecule has 2 aliphatic heterocycles. The number of carbonyl (C=O) groups is 2. The molecule has 2 amide bonds. The van der Waals surface area contributed by atoms with E-state index in [1.807, 2.05) is 6.92 Å². The van der Waals surface area contributed by atoms with E-state index >= 15 is 0 Å². The fraction of sp³-hybridized carbons (Fsp3) is 0.833. The highest BCUT2D eigenvalue weighted by molar-refractivity contribution is 5.94. The maximum Gasteiger partial charge on any atom is 0.242 e. The highest BCUT2D eigenvalue weighted by Gasteiger charge is 2.41. The highest BCUT2D eigenvalue weighted by atomic mass is 16.2. The Bertz CT molecular complexity index is 354. The minimum Gasteiger partial charge on any atom is -0.345 e. The van der Waals surface area contributed by atoms with E-state index in [2.05, 4.69) is 10.2 Å². The Morgan fingerprint density at radius 2 is 1.94 bits per heavy atom. The first-order valence-electron chi connectivity index (χ1n) is 6.50. The second-order valence-corrected chi connectivity index (χ2v) is 5.36. The molecule has 5 nitrogen and oxygen atoms in total. The first-order chi connectivity index (χ1) is 8.16. The Labute approximate surface area is 101 Å². The van der Waals surface area contributed by atoms with E-state index in [0.717, 1.165) is 25.6 Å². The summed E-state index contributed by atoms with van der Waals surface area (Å²) < 4.78 is 0. The Morgan fingerprint density at radius 3 is 2.65 bits per heavy atom. The molecule has 0 aromatic heterocycles. The Balaban J connectivity index is 1.69. The summed E-state index contributed by atoms with van der Waals surface area (Å²) in [6.45, 7) is 4.02. The summed E-state index contributed by atoms with van der Waals surface area (Å²) in [6.07, 6.45) is 3.62. The van der Waals surface area contributed by atoms with Gasteiger partial charge in [0.2, 0.25) is 11.8 Å². The van der Waals surface area contributed by atoms with Crippen LogP contribution in [-0.4, -0.2) is 59.4 Å². The zero-order chi connectivity index (χ0) is 12.0. The monoisotopic (exact) mass is 237 g/mol. The fourth-order valence-corrected chi connectivity index (χ4v) is 3.03. The molecule has 0 spiro atoms. The number of nitrogens with zero attached hydrogens (tertiary/aromatic N) is 2.